The lowest BCUT2D eigenvalue weighted by Gasteiger charge is -2.26. The van der Waals surface area contributed by atoms with E-state index in [1.165, 1.54) is 55.6 Å². The SMILES string of the molecule is CC(C)c1cc(C(C)C)c(-c2cccc(-c3c(C(C)C)cc(C(C)C)cc3C(C)C)c2Cl)c(C(C)C)c1. The monoisotopic (exact) mass is 516 g/mol. The summed E-state index contributed by atoms with van der Waals surface area (Å²) < 4.78 is 0. The smallest absolute Gasteiger partial charge is 0.0563 e. The second-order valence-corrected chi connectivity index (χ2v) is 13.1. The third-order valence-electron chi connectivity index (χ3n) is 7.80. The Morgan fingerprint density at radius 1 is 0.432 bits per heavy atom. The van der Waals surface area contributed by atoms with E-state index in [1.54, 1.807) is 0 Å². The van der Waals surface area contributed by atoms with Crippen LogP contribution in [0.15, 0.2) is 42.5 Å². The van der Waals surface area contributed by atoms with Gasteiger partial charge in [-0.05, 0) is 80.0 Å². The molecule has 0 aliphatic rings. The summed E-state index contributed by atoms with van der Waals surface area (Å²) in [6.07, 6.45) is 0. The highest BCUT2D eigenvalue weighted by molar-refractivity contribution is 6.36. The molecule has 1 heteroatoms. The minimum Gasteiger partial charge on any atom is -0.0830 e. The number of halogens is 1. The standard InChI is InChI=1S/C36H49Cl/c1-20(2)26-16-30(22(5)6)34(31(17-26)23(7)8)28-14-13-15-29(36(28)37)35-32(24(9)10)18-27(21(3)4)19-33(35)25(11)12/h13-25H,1-12H3. The van der Waals surface area contributed by atoms with Crippen LogP contribution in [0.1, 0.15) is 152 Å². The van der Waals surface area contributed by atoms with Gasteiger partial charge in [-0.2, -0.15) is 0 Å². The van der Waals surface area contributed by atoms with Crippen LogP contribution in [0.3, 0.4) is 0 Å². The van der Waals surface area contributed by atoms with Gasteiger partial charge in [-0.1, -0.05) is 137 Å². The van der Waals surface area contributed by atoms with Crippen molar-refractivity contribution < 1.29 is 0 Å². The van der Waals surface area contributed by atoms with Crippen LogP contribution in [0.2, 0.25) is 5.02 Å². The molecular weight excluding hydrogens is 468 g/mol. The number of rotatable bonds is 8. The molecule has 0 aliphatic carbocycles. The molecule has 0 saturated heterocycles. The number of hydrogen-bond donors (Lipinski definition) is 0. The topological polar surface area (TPSA) is 0 Å². The van der Waals surface area contributed by atoms with Crippen LogP contribution in [-0.4, -0.2) is 0 Å². The number of hydrogen-bond acceptors (Lipinski definition) is 0. The van der Waals surface area contributed by atoms with Gasteiger partial charge in [0.1, 0.15) is 0 Å². The Bertz CT molecular complexity index is 1090. The molecule has 0 spiro atoms. The lowest BCUT2D eigenvalue weighted by molar-refractivity contribution is 0.807. The molecule has 3 aromatic carbocycles. The van der Waals surface area contributed by atoms with Gasteiger partial charge < -0.3 is 0 Å². The second-order valence-electron chi connectivity index (χ2n) is 12.7. The average Bonchev–Trinajstić information content (AvgIpc) is 2.82. The quantitative estimate of drug-likeness (QED) is 0.279. The third kappa shape index (κ3) is 6.01. The highest BCUT2D eigenvalue weighted by Gasteiger charge is 2.24. The first-order valence-electron chi connectivity index (χ1n) is 14.4. The summed E-state index contributed by atoms with van der Waals surface area (Å²) in [4.78, 5) is 0. The summed E-state index contributed by atoms with van der Waals surface area (Å²) in [5.74, 6) is 2.63. The van der Waals surface area contributed by atoms with Crippen molar-refractivity contribution >= 4 is 11.6 Å². The van der Waals surface area contributed by atoms with Crippen molar-refractivity contribution in [2.45, 2.75) is 119 Å². The maximum Gasteiger partial charge on any atom is 0.0563 e. The van der Waals surface area contributed by atoms with Gasteiger partial charge in [0.25, 0.3) is 0 Å². The zero-order valence-electron chi connectivity index (χ0n) is 25.4. The van der Waals surface area contributed by atoms with Crippen molar-refractivity contribution in [3.8, 4) is 22.3 Å². The Balaban J connectivity index is 2.44. The van der Waals surface area contributed by atoms with E-state index in [0.29, 0.717) is 35.5 Å². The van der Waals surface area contributed by atoms with Crippen LogP contribution in [0, 0.1) is 0 Å². The maximum atomic E-state index is 7.49. The van der Waals surface area contributed by atoms with Crippen LogP contribution >= 0.6 is 11.6 Å². The Hall–Kier alpha value is -2.05. The van der Waals surface area contributed by atoms with Gasteiger partial charge in [0, 0.05) is 11.1 Å². The molecule has 0 aliphatic heterocycles. The van der Waals surface area contributed by atoms with E-state index >= 15 is 0 Å². The lowest BCUT2D eigenvalue weighted by atomic mass is 9.79. The van der Waals surface area contributed by atoms with Crippen molar-refractivity contribution in [1.82, 2.24) is 0 Å². The minimum atomic E-state index is 0.411. The summed E-state index contributed by atoms with van der Waals surface area (Å²) in [6, 6.07) is 16.4. The van der Waals surface area contributed by atoms with Gasteiger partial charge in [0.05, 0.1) is 5.02 Å². The molecule has 0 fully saturated rings. The van der Waals surface area contributed by atoms with E-state index in [0.717, 1.165) is 5.02 Å². The van der Waals surface area contributed by atoms with E-state index < -0.39 is 0 Å². The van der Waals surface area contributed by atoms with E-state index in [1.807, 2.05) is 0 Å². The van der Waals surface area contributed by atoms with Crippen molar-refractivity contribution in [2.75, 3.05) is 0 Å². The Morgan fingerprint density at radius 2 is 0.703 bits per heavy atom. The van der Waals surface area contributed by atoms with Gasteiger partial charge >= 0.3 is 0 Å². The zero-order chi connectivity index (χ0) is 27.8. The first kappa shape index (κ1) is 29.5. The van der Waals surface area contributed by atoms with Crippen molar-refractivity contribution in [3.63, 3.8) is 0 Å². The van der Waals surface area contributed by atoms with Gasteiger partial charge in [0.15, 0.2) is 0 Å². The predicted molar refractivity (Wildman–Crippen MR) is 167 cm³/mol. The summed E-state index contributed by atoms with van der Waals surface area (Å²) in [7, 11) is 0. The van der Waals surface area contributed by atoms with Crippen LogP contribution in [0.4, 0.5) is 0 Å². The first-order valence-corrected chi connectivity index (χ1v) is 14.8. The fourth-order valence-electron chi connectivity index (χ4n) is 5.45. The second kappa shape index (κ2) is 11.8. The normalized spacial score (nSPS) is 12.3. The first-order chi connectivity index (χ1) is 17.3. The fourth-order valence-corrected chi connectivity index (χ4v) is 5.77. The molecule has 200 valence electrons. The van der Waals surface area contributed by atoms with Crippen LogP contribution in [0.25, 0.3) is 22.3 Å². The van der Waals surface area contributed by atoms with E-state index in [9.17, 15) is 0 Å². The molecule has 0 nitrogen and oxygen atoms in total. The third-order valence-corrected chi connectivity index (χ3v) is 8.21. The molecule has 0 heterocycles. The molecule has 0 radical (unpaired) electrons. The van der Waals surface area contributed by atoms with Gasteiger partial charge in [-0.25, -0.2) is 0 Å². The van der Waals surface area contributed by atoms with Crippen molar-refractivity contribution in [2.24, 2.45) is 0 Å². The summed E-state index contributed by atoms with van der Waals surface area (Å²) in [6.45, 7) is 27.6. The zero-order valence-corrected chi connectivity index (χ0v) is 26.1. The van der Waals surface area contributed by atoms with Gasteiger partial charge in [-0.3, -0.25) is 0 Å². The molecule has 37 heavy (non-hydrogen) atoms. The molecule has 0 N–H and O–H groups in total. The molecule has 0 amide bonds. The molecule has 0 atom stereocenters. The number of benzene rings is 3. The van der Waals surface area contributed by atoms with Crippen LogP contribution in [-0.2, 0) is 0 Å². The largest absolute Gasteiger partial charge is 0.0830 e. The minimum absolute atomic E-state index is 0.411. The summed E-state index contributed by atoms with van der Waals surface area (Å²) in [5, 5.41) is 0.879. The van der Waals surface area contributed by atoms with Crippen molar-refractivity contribution in [1.29, 1.82) is 0 Å². The Kier molecular flexibility index (Phi) is 9.39. The molecular formula is C36H49Cl. The highest BCUT2D eigenvalue weighted by atomic mass is 35.5. The molecule has 0 unspecified atom stereocenters. The molecule has 3 aromatic rings. The molecule has 0 saturated carbocycles. The fraction of sp³-hybridized carbons (Fsp3) is 0.500. The van der Waals surface area contributed by atoms with E-state index in [-0.39, 0.29) is 0 Å². The summed E-state index contributed by atoms with van der Waals surface area (Å²) >= 11 is 7.49. The maximum absolute atomic E-state index is 7.49. The van der Waals surface area contributed by atoms with Crippen LogP contribution in [0.5, 0.6) is 0 Å². The molecule has 0 bridgehead atoms. The average molecular weight is 517 g/mol. The predicted octanol–water partition coefficient (Wildman–Crippen LogP) is 12.4. The van der Waals surface area contributed by atoms with Crippen LogP contribution < -0.4 is 0 Å². The Morgan fingerprint density at radius 3 is 0.919 bits per heavy atom. The van der Waals surface area contributed by atoms with Gasteiger partial charge in [-0.15, -0.1) is 0 Å². The van der Waals surface area contributed by atoms with Crippen molar-refractivity contribution in [3.05, 3.63) is 80.9 Å². The molecule has 3 rings (SSSR count). The highest BCUT2D eigenvalue weighted by Crippen LogP contribution is 2.47. The van der Waals surface area contributed by atoms with E-state index in [2.05, 4.69) is 126 Å². The molecule has 0 aromatic heterocycles. The summed E-state index contributed by atoms with van der Waals surface area (Å²) in [5.41, 5.74) is 13.4. The van der Waals surface area contributed by atoms with Gasteiger partial charge in [0.2, 0.25) is 0 Å². The van der Waals surface area contributed by atoms with E-state index in [4.69, 9.17) is 11.6 Å². The lowest BCUT2D eigenvalue weighted by Crippen LogP contribution is -2.06. The Labute approximate surface area is 232 Å².